The number of halogens is 3. The van der Waals surface area contributed by atoms with Crippen molar-refractivity contribution in [3.8, 4) is 5.75 Å². The van der Waals surface area contributed by atoms with E-state index < -0.39 is 14.4 Å². The maximum absolute atomic E-state index is 10.8. The van der Waals surface area contributed by atoms with Crippen molar-refractivity contribution >= 4 is 53.8 Å². The highest BCUT2D eigenvalue weighted by molar-refractivity contribution is 9.26. The Bertz CT molecular complexity index is 437. The molecule has 0 aromatic heterocycles. The van der Waals surface area contributed by atoms with E-state index in [1.807, 2.05) is 30.3 Å². The molecule has 1 atom stereocenters. The molecule has 1 aromatic carbocycles. The number of para-hydroxylation sites is 1. The van der Waals surface area contributed by atoms with Crippen LogP contribution in [0.1, 0.15) is 0 Å². The third-order valence-corrected chi connectivity index (χ3v) is 5.31. The van der Waals surface area contributed by atoms with Gasteiger partial charge in [0, 0.05) is 6.08 Å². The molecule has 0 fully saturated rings. The number of alkyl halides is 3. The first-order valence-corrected chi connectivity index (χ1v) is 8.12. The topological polar surface area (TPSA) is 44.8 Å². The Kier molecular flexibility index (Phi) is 7.79. The zero-order valence-corrected chi connectivity index (χ0v) is 15.2. The summed E-state index contributed by atoms with van der Waals surface area (Å²) in [6.45, 7) is 3.65. The van der Waals surface area contributed by atoms with Gasteiger partial charge in [0.2, 0.25) is 0 Å². The van der Waals surface area contributed by atoms with Crippen LogP contribution in [-0.4, -0.2) is 27.6 Å². The highest BCUT2D eigenvalue weighted by atomic mass is 79.9. The molecule has 0 saturated carbocycles. The zero-order chi connectivity index (χ0) is 15.0. The van der Waals surface area contributed by atoms with Crippen LogP contribution in [0.3, 0.4) is 0 Å². The Hall–Kier alpha value is -0.370. The number of hydrogen-bond donors (Lipinski definition) is 0. The van der Waals surface area contributed by atoms with E-state index in [-0.39, 0.29) is 13.2 Å². The molecule has 1 aromatic rings. The first-order chi connectivity index (χ1) is 9.45. The monoisotopic (exact) mass is 470 g/mol. The fourth-order valence-electron chi connectivity index (χ4n) is 1.14. The number of hydrogen-bond acceptors (Lipinski definition) is 4. The fourth-order valence-corrected chi connectivity index (χ4v) is 2.06. The van der Waals surface area contributed by atoms with E-state index >= 15 is 0 Å². The lowest BCUT2D eigenvalue weighted by molar-refractivity contribution is -0.139. The van der Waals surface area contributed by atoms with E-state index in [2.05, 4.69) is 54.4 Å². The second kappa shape index (κ2) is 8.81. The lowest BCUT2D eigenvalue weighted by atomic mass is 10.3. The minimum Gasteiger partial charge on any atom is -0.462 e. The van der Waals surface area contributed by atoms with Gasteiger partial charge in [-0.3, -0.25) is 0 Å². The predicted molar refractivity (Wildman–Crippen MR) is 87.5 cm³/mol. The molecule has 0 N–H and O–H groups in total. The average Bonchev–Trinajstić information content (AvgIpc) is 2.43. The van der Waals surface area contributed by atoms with E-state index in [9.17, 15) is 4.79 Å². The summed E-state index contributed by atoms with van der Waals surface area (Å²) in [5.74, 6) is 0.191. The van der Waals surface area contributed by atoms with Gasteiger partial charge in [-0.25, -0.2) is 4.79 Å². The van der Waals surface area contributed by atoms with Gasteiger partial charge >= 0.3 is 5.97 Å². The van der Waals surface area contributed by atoms with Crippen LogP contribution in [0.5, 0.6) is 5.75 Å². The molecule has 0 aliphatic rings. The van der Waals surface area contributed by atoms with Crippen molar-refractivity contribution in [3.63, 3.8) is 0 Å². The van der Waals surface area contributed by atoms with Crippen LogP contribution in [0.15, 0.2) is 43.0 Å². The largest absolute Gasteiger partial charge is 0.462 e. The minimum atomic E-state index is -0.941. The maximum atomic E-state index is 10.8. The standard InChI is InChI=1S/C13H13Br3O4/c1-2-11(17)18-8-9-19-12(14)13(15,16)20-10-6-4-3-5-7-10/h2-7,12H,1,8-9H2. The van der Waals surface area contributed by atoms with Gasteiger partial charge in [-0.1, -0.05) is 40.7 Å². The summed E-state index contributed by atoms with van der Waals surface area (Å²) in [7, 11) is 0. The SMILES string of the molecule is C=CC(=O)OCCOC(Br)C(Br)(Br)Oc1ccccc1. The third kappa shape index (κ3) is 6.39. The average molecular weight is 473 g/mol. The highest BCUT2D eigenvalue weighted by Crippen LogP contribution is 2.37. The highest BCUT2D eigenvalue weighted by Gasteiger charge is 2.35. The van der Waals surface area contributed by atoms with Crippen molar-refractivity contribution in [3.05, 3.63) is 43.0 Å². The molecule has 0 aliphatic carbocycles. The summed E-state index contributed by atoms with van der Waals surface area (Å²) in [4.78, 5) is 10.8. The molecular weight excluding hydrogens is 460 g/mol. The summed E-state index contributed by atoms with van der Waals surface area (Å²) >= 11 is 10.1. The van der Waals surface area contributed by atoms with Crippen molar-refractivity contribution in [1.82, 2.24) is 0 Å². The molecule has 0 amide bonds. The van der Waals surface area contributed by atoms with Crippen molar-refractivity contribution < 1.29 is 19.0 Å². The Labute approximate surface area is 142 Å². The van der Waals surface area contributed by atoms with Gasteiger partial charge in [0.25, 0.3) is 3.42 Å². The van der Waals surface area contributed by atoms with E-state index in [1.165, 1.54) is 0 Å². The van der Waals surface area contributed by atoms with Gasteiger partial charge in [-0.2, -0.15) is 0 Å². The molecular formula is C13H13Br3O4. The molecule has 0 heterocycles. The van der Waals surface area contributed by atoms with Gasteiger partial charge in [-0.15, -0.1) is 0 Å². The van der Waals surface area contributed by atoms with Gasteiger partial charge < -0.3 is 14.2 Å². The molecule has 110 valence electrons. The van der Waals surface area contributed by atoms with Gasteiger partial charge in [0.05, 0.1) is 6.61 Å². The Morgan fingerprint density at radius 3 is 2.55 bits per heavy atom. The lowest BCUT2D eigenvalue weighted by Crippen LogP contribution is -2.34. The molecule has 0 spiro atoms. The maximum Gasteiger partial charge on any atom is 0.330 e. The quantitative estimate of drug-likeness (QED) is 0.248. The van der Waals surface area contributed by atoms with E-state index in [0.29, 0.717) is 5.75 Å². The Balaban J connectivity index is 2.38. The number of rotatable bonds is 8. The molecule has 0 bridgehead atoms. The molecule has 4 nitrogen and oxygen atoms in total. The minimum absolute atomic E-state index is 0.133. The van der Waals surface area contributed by atoms with Crippen LogP contribution < -0.4 is 4.74 Å². The van der Waals surface area contributed by atoms with Crippen molar-refractivity contribution in [2.45, 2.75) is 8.43 Å². The fraction of sp³-hybridized carbons (Fsp3) is 0.308. The Morgan fingerprint density at radius 2 is 1.95 bits per heavy atom. The van der Waals surface area contributed by atoms with Gasteiger partial charge in [-0.05, 0) is 44.0 Å². The number of benzene rings is 1. The van der Waals surface area contributed by atoms with Crippen molar-refractivity contribution in [2.24, 2.45) is 0 Å². The molecule has 0 saturated heterocycles. The normalized spacial score (nSPS) is 12.6. The van der Waals surface area contributed by atoms with Crippen LogP contribution >= 0.6 is 47.8 Å². The zero-order valence-electron chi connectivity index (χ0n) is 10.4. The third-order valence-electron chi connectivity index (χ3n) is 2.02. The summed E-state index contributed by atoms with van der Waals surface area (Å²) in [5.41, 5.74) is 0. The number of esters is 1. The first kappa shape index (κ1) is 17.7. The number of carbonyl (C=O) groups is 1. The van der Waals surface area contributed by atoms with Crippen molar-refractivity contribution in [2.75, 3.05) is 13.2 Å². The van der Waals surface area contributed by atoms with Crippen LogP contribution in [0.25, 0.3) is 0 Å². The molecule has 1 rings (SSSR count). The van der Waals surface area contributed by atoms with E-state index in [4.69, 9.17) is 14.2 Å². The lowest BCUT2D eigenvalue weighted by Gasteiger charge is -2.27. The first-order valence-electron chi connectivity index (χ1n) is 5.62. The second-order valence-electron chi connectivity index (χ2n) is 3.54. The summed E-state index contributed by atoms with van der Waals surface area (Å²) in [5, 5.41) is -0.502. The van der Waals surface area contributed by atoms with E-state index in [1.54, 1.807) is 0 Å². The number of ether oxygens (including phenoxy) is 3. The predicted octanol–water partition coefficient (Wildman–Crippen LogP) is 3.98. The number of carbonyl (C=O) groups excluding carboxylic acids is 1. The van der Waals surface area contributed by atoms with E-state index in [0.717, 1.165) is 6.08 Å². The van der Waals surface area contributed by atoms with Gasteiger partial charge in [0.1, 0.15) is 12.4 Å². The smallest absolute Gasteiger partial charge is 0.330 e. The van der Waals surface area contributed by atoms with Crippen LogP contribution in [0.4, 0.5) is 0 Å². The second-order valence-corrected chi connectivity index (χ2v) is 7.79. The molecule has 20 heavy (non-hydrogen) atoms. The van der Waals surface area contributed by atoms with Crippen molar-refractivity contribution in [1.29, 1.82) is 0 Å². The van der Waals surface area contributed by atoms with Gasteiger partial charge in [0.15, 0.2) is 5.01 Å². The molecule has 0 aliphatic heterocycles. The molecule has 1 unspecified atom stereocenters. The van der Waals surface area contributed by atoms with Crippen LogP contribution in [0, 0.1) is 0 Å². The molecule has 0 radical (unpaired) electrons. The molecule has 7 heteroatoms. The summed E-state index contributed by atoms with van der Waals surface area (Å²) < 4.78 is 15.0. The van der Waals surface area contributed by atoms with Crippen LogP contribution in [-0.2, 0) is 14.3 Å². The summed E-state index contributed by atoms with van der Waals surface area (Å²) in [6.07, 6.45) is 1.10. The van der Waals surface area contributed by atoms with Crippen LogP contribution in [0.2, 0.25) is 0 Å². The Morgan fingerprint density at radius 1 is 1.30 bits per heavy atom. The summed E-state index contributed by atoms with van der Waals surface area (Å²) in [6, 6.07) is 9.27.